The van der Waals surface area contributed by atoms with Crippen molar-refractivity contribution in [2.75, 3.05) is 5.32 Å². The van der Waals surface area contributed by atoms with Crippen LogP contribution in [0.2, 0.25) is 5.02 Å². The number of hydrogen-bond donors (Lipinski definition) is 1. The second kappa shape index (κ2) is 6.45. The zero-order valence-corrected chi connectivity index (χ0v) is 14.3. The lowest BCUT2D eigenvalue weighted by Gasteiger charge is -2.05. The average molecular weight is 342 g/mol. The van der Waals surface area contributed by atoms with Gasteiger partial charge in [-0.25, -0.2) is 9.97 Å². The molecule has 0 radical (unpaired) electrons. The Balaban J connectivity index is 1.85. The molecule has 122 valence electrons. The third kappa shape index (κ3) is 3.31. The topological polar surface area (TPSA) is 68.0 Å². The average Bonchev–Trinajstić information content (AvgIpc) is 2.98. The highest BCUT2D eigenvalue weighted by Gasteiger charge is 2.15. The summed E-state index contributed by atoms with van der Waals surface area (Å²) in [6.45, 7) is 5.60. The van der Waals surface area contributed by atoms with E-state index < -0.39 is 5.91 Å². The fourth-order valence-electron chi connectivity index (χ4n) is 2.42. The van der Waals surface area contributed by atoms with E-state index in [0.29, 0.717) is 10.8 Å². The quantitative estimate of drug-likeness (QED) is 0.757. The number of amides is 1. The Kier molecular flexibility index (Phi) is 4.36. The van der Waals surface area contributed by atoms with Gasteiger partial charge in [0.2, 0.25) is 5.95 Å². The zero-order valence-electron chi connectivity index (χ0n) is 13.6. The number of furan rings is 1. The van der Waals surface area contributed by atoms with Gasteiger partial charge in [-0.2, -0.15) is 0 Å². The minimum Gasteiger partial charge on any atom is -0.451 e. The normalized spacial score (nSPS) is 10.7. The summed E-state index contributed by atoms with van der Waals surface area (Å²) in [6, 6.07) is 10.8. The first-order chi connectivity index (χ1) is 11.4. The van der Waals surface area contributed by atoms with Crippen LogP contribution in [0.5, 0.6) is 0 Å². The van der Waals surface area contributed by atoms with E-state index in [1.807, 2.05) is 45.0 Å². The number of aryl methyl sites for hydroxylation is 2. The van der Waals surface area contributed by atoms with Crippen molar-refractivity contribution in [1.29, 1.82) is 0 Å². The first-order valence-corrected chi connectivity index (χ1v) is 7.81. The molecule has 0 saturated carbocycles. The minimum atomic E-state index is -0.397. The van der Waals surface area contributed by atoms with E-state index in [1.165, 1.54) is 0 Å². The molecule has 0 aliphatic carbocycles. The van der Waals surface area contributed by atoms with Gasteiger partial charge >= 0.3 is 0 Å². The van der Waals surface area contributed by atoms with E-state index in [1.54, 1.807) is 12.1 Å². The highest BCUT2D eigenvalue weighted by Crippen LogP contribution is 2.29. The van der Waals surface area contributed by atoms with E-state index in [9.17, 15) is 4.79 Å². The standard InChI is InChI=1S/C18H16ClN3O2/c1-10-9-11(2)21-18(20-10)22-17(23)16-8-7-15(24-16)13-5-4-6-14(19)12(13)3/h4-9H,1-3H3,(H,20,21,22,23). The van der Waals surface area contributed by atoms with E-state index in [-0.39, 0.29) is 11.7 Å². The Morgan fingerprint density at radius 1 is 1.08 bits per heavy atom. The Morgan fingerprint density at radius 3 is 2.50 bits per heavy atom. The number of aromatic nitrogens is 2. The molecule has 0 unspecified atom stereocenters. The fourth-order valence-corrected chi connectivity index (χ4v) is 2.60. The zero-order chi connectivity index (χ0) is 17.3. The summed E-state index contributed by atoms with van der Waals surface area (Å²) >= 11 is 6.13. The van der Waals surface area contributed by atoms with Crippen LogP contribution in [0.1, 0.15) is 27.5 Å². The number of carbonyl (C=O) groups is 1. The molecule has 0 atom stereocenters. The molecular formula is C18H16ClN3O2. The number of benzene rings is 1. The summed E-state index contributed by atoms with van der Waals surface area (Å²) in [5, 5.41) is 3.30. The minimum absolute atomic E-state index is 0.187. The Bertz CT molecular complexity index is 898. The van der Waals surface area contributed by atoms with Crippen LogP contribution in [-0.2, 0) is 0 Å². The molecule has 1 N–H and O–H groups in total. The molecule has 5 nitrogen and oxygen atoms in total. The van der Waals surface area contributed by atoms with Crippen LogP contribution in [0.4, 0.5) is 5.95 Å². The first kappa shape index (κ1) is 16.2. The largest absolute Gasteiger partial charge is 0.451 e. The van der Waals surface area contributed by atoms with Crippen molar-refractivity contribution in [3.63, 3.8) is 0 Å². The lowest BCUT2D eigenvalue weighted by Crippen LogP contribution is -2.14. The van der Waals surface area contributed by atoms with E-state index in [2.05, 4.69) is 15.3 Å². The molecule has 2 heterocycles. The summed E-state index contributed by atoms with van der Waals surface area (Å²) < 4.78 is 5.67. The molecule has 0 bridgehead atoms. The number of halogens is 1. The molecule has 0 saturated heterocycles. The summed E-state index contributed by atoms with van der Waals surface area (Å²) in [7, 11) is 0. The molecular weight excluding hydrogens is 326 g/mol. The fraction of sp³-hybridized carbons (Fsp3) is 0.167. The molecule has 3 rings (SSSR count). The van der Waals surface area contributed by atoms with Crippen molar-refractivity contribution in [2.45, 2.75) is 20.8 Å². The van der Waals surface area contributed by atoms with Crippen molar-refractivity contribution in [3.05, 3.63) is 64.1 Å². The molecule has 1 aromatic carbocycles. The molecule has 0 spiro atoms. The van der Waals surface area contributed by atoms with Gasteiger partial charge in [-0.1, -0.05) is 23.7 Å². The van der Waals surface area contributed by atoms with Gasteiger partial charge in [0.15, 0.2) is 5.76 Å². The smallest absolute Gasteiger partial charge is 0.293 e. The number of nitrogens with zero attached hydrogens (tertiary/aromatic N) is 2. The van der Waals surface area contributed by atoms with Gasteiger partial charge in [0, 0.05) is 22.0 Å². The number of anilines is 1. The maximum absolute atomic E-state index is 12.3. The van der Waals surface area contributed by atoms with Crippen molar-refractivity contribution in [1.82, 2.24) is 9.97 Å². The molecule has 1 amide bonds. The van der Waals surface area contributed by atoms with Crippen molar-refractivity contribution >= 4 is 23.5 Å². The van der Waals surface area contributed by atoms with Crippen molar-refractivity contribution in [2.24, 2.45) is 0 Å². The summed E-state index contributed by atoms with van der Waals surface area (Å²) in [6.07, 6.45) is 0. The van der Waals surface area contributed by atoms with Crippen LogP contribution in [0.3, 0.4) is 0 Å². The Labute approximate surface area is 144 Å². The van der Waals surface area contributed by atoms with Crippen LogP contribution >= 0.6 is 11.6 Å². The van der Waals surface area contributed by atoms with Gasteiger partial charge in [0.25, 0.3) is 5.91 Å². The highest BCUT2D eigenvalue weighted by molar-refractivity contribution is 6.31. The third-order valence-corrected chi connectivity index (χ3v) is 3.98. The van der Waals surface area contributed by atoms with Gasteiger partial charge in [0.1, 0.15) is 5.76 Å². The Hall–Kier alpha value is -2.66. The van der Waals surface area contributed by atoms with Crippen LogP contribution in [0.25, 0.3) is 11.3 Å². The molecule has 0 fully saturated rings. The van der Waals surface area contributed by atoms with E-state index in [4.69, 9.17) is 16.0 Å². The van der Waals surface area contributed by atoms with Gasteiger partial charge in [-0.3, -0.25) is 10.1 Å². The number of rotatable bonds is 3. The molecule has 0 aliphatic rings. The molecule has 2 aromatic heterocycles. The monoisotopic (exact) mass is 341 g/mol. The van der Waals surface area contributed by atoms with E-state index >= 15 is 0 Å². The van der Waals surface area contributed by atoms with Crippen LogP contribution < -0.4 is 5.32 Å². The van der Waals surface area contributed by atoms with Crippen LogP contribution in [0.15, 0.2) is 40.8 Å². The number of hydrogen-bond acceptors (Lipinski definition) is 4. The van der Waals surface area contributed by atoms with Gasteiger partial charge in [0.05, 0.1) is 0 Å². The molecule has 3 aromatic rings. The first-order valence-electron chi connectivity index (χ1n) is 7.43. The lowest BCUT2D eigenvalue weighted by molar-refractivity contribution is 0.0996. The molecule has 0 aliphatic heterocycles. The predicted octanol–water partition coefficient (Wildman–Crippen LogP) is 4.57. The maximum atomic E-state index is 12.3. The van der Waals surface area contributed by atoms with Crippen molar-refractivity contribution < 1.29 is 9.21 Å². The predicted molar refractivity (Wildman–Crippen MR) is 93.4 cm³/mol. The molecule has 24 heavy (non-hydrogen) atoms. The van der Waals surface area contributed by atoms with Gasteiger partial charge in [-0.05, 0) is 50.6 Å². The maximum Gasteiger partial charge on any atom is 0.293 e. The van der Waals surface area contributed by atoms with Crippen LogP contribution in [0, 0.1) is 20.8 Å². The SMILES string of the molecule is Cc1cc(C)nc(NC(=O)c2ccc(-c3cccc(Cl)c3C)o2)n1. The number of carbonyl (C=O) groups excluding carboxylic acids is 1. The van der Waals surface area contributed by atoms with Gasteiger partial charge < -0.3 is 4.42 Å². The third-order valence-electron chi connectivity index (χ3n) is 3.57. The second-order valence-electron chi connectivity index (χ2n) is 5.50. The highest BCUT2D eigenvalue weighted by atomic mass is 35.5. The molecule has 6 heteroatoms. The van der Waals surface area contributed by atoms with Crippen LogP contribution in [-0.4, -0.2) is 15.9 Å². The van der Waals surface area contributed by atoms with Gasteiger partial charge in [-0.15, -0.1) is 0 Å². The van der Waals surface area contributed by atoms with E-state index in [0.717, 1.165) is 22.5 Å². The Morgan fingerprint density at radius 2 is 1.79 bits per heavy atom. The number of nitrogens with one attached hydrogen (secondary N) is 1. The summed E-state index contributed by atoms with van der Waals surface area (Å²) in [4.78, 5) is 20.7. The van der Waals surface area contributed by atoms with Crippen molar-refractivity contribution in [3.8, 4) is 11.3 Å². The summed E-state index contributed by atoms with van der Waals surface area (Å²) in [5.74, 6) is 0.633. The summed E-state index contributed by atoms with van der Waals surface area (Å²) in [5.41, 5.74) is 3.32. The second-order valence-corrected chi connectivity index (χ2v) is 5.91. The lowest BCUT2D eigenvalue weighted by atomic mass is 10.1.